The fraction of sp³-hybridized carbons (Fsp3) is 0.524. The van der Waals surface area contributed by atoms with Gasteiger partial charge in [0.05, 0.1) is 30.6 Å². The molecule has 0 radical (unpaired) electrons. The van der Waals surface area contributed by atoms with E-state index >= 15 is 0 Å². The highest BCUT2D eigenvalue weighted by Gasteiger charge is 2.42. The summed E-state index contributed by atoms with van der Waals surface area (Å²) < 4.78 is 62.9. The molecule has 36 heavy (non-hydrogen) atoms. The molecule has 11 nitrogen and oxygen atoms in total. The molecule has 3 aromatic rings. The number of imidazole rings is 1. The lowest BCUT2D eigenvalue weighted by Gasteiger charge is -2.39. The van der Waals surface area contributed by atoms with E-state index in [1.807, 2.05) is 18.7 Å². The van der Waals surface area contributed by atoms with Gasteiger partial charge in [-0.1, -0.05) is 11.3 Å². The number of ether oxygens (including phenoxy) is 1. The van der Waals surface area contributed by atoms with Crippen LogP contribution in [-0.4, -0.2) is 71.8 Å². The summed E-state index contributed by atoms with van der Waals surface area (Å²) in [6.45, 7) is 4.16. The van der Waals surface area contributed by atoms with E-state index in [9.17, 15) is 22.0 Å². The van der Waals surface area contributed by atoms with Crippen molar-refractivity contribution in [3.8, 4) is 10.8 Å². The van der Waals surface area contributed by atoms with Crippen molar-refractivity contribution in [3.63, 3.8) is 0 Å². The van der Waals surface area contributed by atoms with Crippen molar-refractivity contribution in [2.75, 3.05) is 25.1 Å². The van der Waals surface area contributed by atoms with Gasteiger partial charge in [-0.05, 0) is 32.8 Å². The van der Waals surface area contributed by atoms with Crippen molar-refractivity contribution in [2.24, 2.45) is 0 Å². The molecule has 2 atom stereocenters. The third-order valence-corrected chi connectivity index (χ3v) is 8.92. The van der Waals surface area contributed by atoms with Gasteiger partial charge in [0.15, 0.2) is 21.9 Å². The number of sulfonamides is 1. The van der Waals surface area contributed by atoms with Gasteiger partial charge in [-0.15, -0.1) is 10.2 Å². The number of carbonyl (C=O) groups excluding carboxylic acids is 1. The summed E-state index contributed by atoms with van der Waals surface area (Å²) in [4.78, 5) is 18.5. The van der Waals surface area contributed by atoms with E-state index in [2.05, 4.69) is 25.2 Å². The first-order chi connectivity index (χ1) is 17.0. The summed E-state index contributed by atoms with van der Waals surface area (Å²) >= 11 is 0.689. The number of nitrogens with zero attached hydrogens (tertiary/aromatic N) is 5. The van der Waals surface area contributed by atoms with E-state index in [0.29, 0.717) is 22.5 Å². The molecule has 1 aliphatic heterocycles. The molecule has 1 amide bonds. The number of hydrogen-bond donors (Lipinski definition) is 2. The van der Waals surface area contributed by atoms with Crippen LogP contribution in [0.5, 0.6) is 0 Å². The molecule has 4 heterocycles. The molecule has 2 aliphatic rings. The second-order valence-corrected chi connectivity index (χ2v) is 11.9. The number of anilines is 1. The number of hydrogen-bond acceptors (Lipinski definition) is 9. The number of carbonyl (C=O) groups is 1. The fourth-order valence-corrected chi connectivity index (χ4v) is 6.26. The Morgan fingerprint density at radius 3 is 2.72 bits per heavy atom. The first-order valence-corrected chi connectivity index (χ1v) is 13.6. The Morgan fingerprint density at radius 1 is 1.33 bits per heavy atom. The lowest BCUT2D eigenvalue weighted by atomic mass is 10.1. The maximum atomic E-state index is 13.4. The van der Waals surface area contributed by atoms with Crippen molar-refractivity contribution < 1.29 is 26.7 Å². The first-order valence-electron chi connectivity index (χ1n) is 11.3. The van der Waals surface area contributed by atoms with Gasteiger partial charge in [0.25, 0.3) is 12.3 Å². The molecule has 1 aliphatic carbocycles. The third kappa shape index (κ3) is 4.55. The Balaban J connectivity index is 1.66. The molecular formula is C21H25F2N7O4S2. The largest absolute Gasteiger partial charge is 0.364 e. The molecule has 0 bridgehead atoms. The van der Waals surface area contributed by atoms with Crippen LogP contribution in [0.4, 0.5) is 14.5 Å². The zero-order valence-corrected chi connectivity index (χ0v) is 21.4. The number of rotatable bonds is 7. The van der Waals surface area contributed by atoms with Crippen LogP contribution < -0.4 is 14.9 Å². The monoisotopic (exact) mass is 541 g/mol. The summed E-state index contributed by atoms with van der Waals surface area (Å²) in [5, 5.41) is 9.63. The number of alkyl halides is 2. The standard InChI is InChI=1S/C21H25F2N7O4S2/c1-11-10-34-15(18(31)24-3)9-29(11)13-6-12(36(32,33)28-21(2)4-5-21)8-30-14(13)7-25-17(30)20-27-26-19(35-20)16(22)23/h6-8,11,15-16,28H,4-5,9-10H2,1-3H3,(H,24,31)/t11-,15-/m0/s1. The molecule has 1 saturated carbocycles. The smallest absolute Gasteiger partial charge is 0.291 e. The number of morpholine rings is 1. The normalized spacial score (nSPS) is 21.8. The van der Waals surface area contributed by atoms with Gasteiger partial charge in [-0.3, -0.25) is 9.20 Å². The minimum Gasteiger partial charge on any atom is -0.364 e. The van der Waals surface area contributed by atoms with Gasteiger partial charge in [0, 0.05) is 24.8 Å². The minimum atomic E-state index is -3.93. The average molecular weight is 542 g/mol. The van der Waals surface area contributed by atoms with Crippen LogP contribution in [0.2, 0.25) is 0 Å². The molecule has 5 rings (SSSR count). The Bertz CT molecular complexity index is 1420. The number of amides is 1. The summed E-state index contributed by atoms with van der Waals surface area (Å²) in [7, 11) is -2.42. The average Bonchev–Trinajstić information content (AvgIpc) is 3.22. The summed E-state index contributed by atoms with van der Waals surface area (Å²) in [5.74, 6) is -0.105. The summed E-state index contributed by atoms with van der Waals surface area (Å²) in [5.41, 5.74) is 0.536. The molecule has 15 heteroatoms. The lowest BCUT2D eigenvalue weighted by molar-refractivity contribution is -0.133. The van der Waals surface area contributed by atoms with Crippen molar-refractivity contribution in [2.45, 2.75) is 55.7 Å². The van der Waals surface area contributed by atoms with Crippen LogP contribution in [0.15, 0.2) is 23.4 Å². The molecule has 2 N–H and O–H groups in total. The molecule has 0 spiro atoms. The minimum absolute atomic E-state index is 0.0221. The van der Waals surface area contributed by atoms with Crippen LogP contribution in [0.25, 0.3) is 16.3 Å². The van der Waals surface area contributed by atoms with E-state index in [1.165, 1.54) is 23.8 Å². The SMILES string of the molecule is CNC(=O)[C@@H]1CN(c2cc(S(=O)(=O)NC3(C)CC3)cn3c(-c4nnc(C(F)F)s4)ncc23)[C@@H](C)CO1. The van der Waals surface area contributed by atoms with Crippen LogP contribution >= 0.6 is 11.3 Å². The molecule has 0 aromatic carbocycles. The Hall–Kier alpha value is -2.75. The molecule has 194 valence electrons. The lowest BCUT2D eigenvalue weighted by Crippen LogP contribution is -2.53. The van der Waals surface area contributed by atoms with Crippen molar-refractivity contribution in [1.82, 2.24) is 29.6 Å². The highest BCUT2D eigenvalue weighted by Crippen LogP contribution is 2.38. The highest BCUT2D eigenvalue weighted by atomic mass is 32.2. The third-order valence-electron chi connectivity index (χ3n) is 6.39. The van der Waals surface area contributed by atoms with Crippen molar-refractivity contribution in [1.29, 1.82) is 0 Å². The molecule has 2 fully saturated rings. The van der Waals surface area contributed by atoms with E-state index < -0.39 is 33.1 Å². The van der Waals surface area contributed by atoms with Crippen LogP contribution in [-0.2, 0) is 19.6 Å². The fourth-order valence-electron chi connectivity index (χ4n) is 4.09. The Labute approximate surface area is 209 Å². The first kappa shape index (κ1) is 24.9. The van der Waals surface area contributed by atoms with Gasteiger partial charge in [0.1, 0.15) is 4.90 Å². The van der Waals surface area contributed by atoms with Crippen LogP contribution in [0, 0.1) is 0 Å². The van der Waals surface area contributed by atoms with E-state index in [1.54, 1.807) is 6.07 Å². The van der Waals surface area contributed by atoms with Crippen molar-refractivity contribution >= 4 is 38.5 Å². The number of nitrogens with one attached hydrogen (secondary N) is 2. The number of likely N-dealkylation sites (N-methyl/N-ethyl adjacent to an activating group) is 1. The highest BCUT2D eigenvalue weighted by molar-refractivity contribution is 7.89. The van der Waals surface area contributed by atoms with Gasteiger partial charge < -0.3 is 15.0 Å². The predicted molar refractivity (Wildman–Crippen MR) is 128 cm³/mol. The zero-order valence-electron chi connectivity index (χ0n) is 19.7. The molecule has 3 aromatic heterocycles. The number of pyridine rings is 1. The van der Waals surface area contributed by atoms with E-state index in [0.717, 1.165) is 12.8 Å². The Kier molecular flexibility index (Phi) is 6.21. The predicted octanol–water partition coefficient (Wildman–Crippen LogP) is 1.96. The van der Waals surface area contributed by atoms with Gasteiger partial charge in [-0.2, -0.15) is 0 Å². The molecule has 0 unspecified atom stereocenters. The topological polar surface area (TPSA) is 131 Å². The van der Waals surface area contributed by atoms with Gasteiger partial charge >= 0.3 is 0 Å². The number of fused-ring (bicyclic) bond motifs is 1. The van der Waals surface area contributed by atoms with E-state index in [-0.39, 0.29) is 40.8 Å². The quantitative estimate of drug-likeness (QED) is 0.464. The molecule has 1 saturated heterocycles. The second-order valence-electron chi connectivity index (χ2n) is 9.25. The summed E-state index contributed by atoms with van der Waals surface area (Å²) in [6.07, 6.45) is 0.847. The summed E-state index contributed by atoms with van der Waals surface area (Å²) in [6, 6.07) is 1.36. The maximum Gasteiger partial charge on any atom is 0.291 e. The van der Waals surface area contributed by atoms with Crippen LogP contribution in [0.3, 0.4) is 0 Å². The zero-order chi connectivity index (χ0) is 25.8. The molecular weight excluding hydrogens is 516 g/mol. The van der Waals surface area contributed by atoms with Gasteiger partial charge in [-0.25, -0.2) is 26.9 Å². The van der Waals surface area contributed by atoms with Crippen molar-refractivity contribution in [3.05, 3.63) is 23.5 Å². The van der Waals surface area contributed by atoms with Gasteiger partial charge in [0.2, 0.25) is 10.0 Å². The maximum absolute atomic E-state index is 13.4. The van der Waals surface area contributed by atoms with E-state index in [4.69, 9.17) is 4.74 Å². The number of aromatic nitrogens is 4. The second kappa shape index (κ2) is 8.97. The number of halogens is 2. The van der Waals surface area contributed by atoms with Crippen LogP contribution in [0.1, 0.15) is 38.1 Å². The Morgan fingerprint density at radius 2 is 2.08 bits per heavy atom.